The molecule has 3 rings (SSSR count). The molecule has 114 valence electrons. The van der Waals surface area contributed by atoms with Crippen LogP contribution in [0.1, 0.15) is 10.4 Å². The standard InChI is InChI=1S/C18H15N3OS/c22-17(14-8-2-1-3-9-14)20-18(23)19-15-10-4-5-11-16(15)21-12-6-7-13-21/h1-13H,(H2,19,20,22,23). The van der Waals surface area contributed by atoms with Gasteiger partial charge in [0, 0.05) is 18.0 Å². The van der Waals surface area contributed by atoms with Crippen molar-refractivity contribution in [2.45, 2.75) is 0 Å². The lowest BCUT2D eigenvalue weighted by molar-refractivity contribution is 0.0977. The zero-order valence-corrected chi connectivity index (χ0v) is 13.1. The van der Waals surface area contributed by atoms with Crippen LogP contribution in [0.2, 0.25) is 0 Å². The van der Waals surface area contributed by atoms with Crippen molar-refractivity contribution in [3.63, 3.8) is 0 Å². The zero-order valence-electron chi connectivity index (χ0n) is 12.3. The Balaban J connectivity index is 1.73. The first-order chi connectivity index (χ1) is 11.2. The van der Waals surface area contributed by atoms with Gasteiger partial charge in [0.25, 0.3) is 5.91 Å². The van der Waals surface area contributed by atoms with Gasteiger partial charge in [0.15, 0.2) is 5.11 Å². The van der Waals surface area contributed by atoms with Crippen LogP contribution in [0.4, 0.5) is 5.69 Å². The second-order valence-electron chi connectivity index (χ2n) is 4.88. The van der Waals surface area contributed by atoms with Crippen LogP contribution in [0.25, 0.3) is 5.69 Å². The molecule has 1 amide bonds. The SMILES string of the molecule is O=C(NC(=S)Nc1ccccc1-n1cccc1)c1ccccc1. The number of hydrogen-bond acceptors (Lipinski definition) is 2. The molecule has 23 heavy (non-hydrogen) atoms. The van der Waals surface area contributed by atoms with E-state index in [4.69, 9.17) is 12.2 Å². The van der Waals surface area contributed by atoms with Crippen molar-refractivity contribution in [2.24, 2.45) is 0 Å². The van der Waals surface area contributed by atoms with Crippen molar-refractivity contribution in [1.29, 1.82) is 0 Å². The number of benzene rings is 2. The smallest absolute Gasteiger partial charge is 0.257 e. The average molecular weight is 321 g/mol. The summed E-state index contributed by atoms with van der Waals surface area (Å²) in [6, 6.07) is 20.6. The first-order valence-electron chi connectivity index (χ1n) is 7.14. The van der Waals surface area contributed by atoms with Crippen LogP contribution < -0.4 is 10.6 Å². The monoisotopic (exact) mass is 321 g/mol. The molecule has 0 unspecified atom stereocenters. The number of nitrogens with one attached hydrogen (secondary N) is 2. The lowest BCUT2D eigenvalue weighted by Crippen LogP contribution is -2.34. The van der Waals surface area contributed by atoms with Gasteiger partial charge in [-0.3, -0.25) is 10.1 Å². The van der Waals surface area contributed by atoms with Crippen molar-refractivity contribution in [2.75, 3.05) is 5.32 Å². The Hall–Kier alpha value is -2.92. The Kier molecular flexibility index (Phi) is 4.49. The number of hydrogen-bond donors (Lipinski definition) is 2. The second-order valence-corrected chi connectivity index (χ2v) is 5.29. The van der Waals surface area contributed by atoms with Gasteiger partial charge in [0.05, 0.1) is 11.4 Å². The predicted octanol–water partition coefficient (Wildman–Crippen LogP) is 3.60. The van der Waals surface area contributed by atoms with Crippen molar-refractivity contribution in [3.05, 3.63) is 84.7 Å². The van der Waals surface area contributed by atoms with E-state index in [1.165, 1.54) is 0 Å². The van der Waals surface area contributed by atoms with Gasteiger partial charge < -0.3 is 9.88 Å². The first kappa shape index (κ1) is 15.0. The molecule has 0 saturated heterocycles. The molecule has 2 aromatic carbocycles. The molecule has 0 atom stereocenters. The van der Waals surface area contributed by atoms with Gasteiger partial charge in [0.1, 0.15) is 0 Å². The number of para-hydroxylation sites is 2. The average Bonchev–Trinajstić information content (AvgIpc) is 3.10. The molecule has 0 radical (unpaired) electrons. The van der Waals surface area contributed by atoms with Gasteiger partial charge in [0.2, 0.25) is 0 Å². The summed E-state index contributed by atoms with van der Waals surface area (Å²) in [4.78, 5) is 12.1. The summed E-state index contributed by atoms with van der Waals surface area (Å²) in [5.41, 5.74) is 2.34. The van der Waals surface area contributed by atoms with E-state index in [0.717, 1.165) is 11.4 Å². The number of anilines is 1. The number of carbonyl (C=O) groups excluding carboxylic acids is 1. The Morgan fingerprint density at radius 1 is 0.870 bits per heavy atom. The third-order valence-corrected chi connectivity index (χ3v) is 3.50. The molecule has 0 bridgehead atoms. The number of aromatic nitrogens is 1. The van der Waals surface area contributed by atoms with E-state index in [2.05, 4.69) is 10.6 Å². The summed E-state index contributed by atoms with van der Waals surface area (Å²) >= 11 is 5.25. The van der Waals surface area contributed by atoms with Crippen LogP contribution in [-0.2, 0) is 0 Å². The summed E-state index contributed by atoms with van der Waals surface area (Å²) in [5.74, 6) is -0.235. The third kappa shape index (κ3) is 3.64. The van der Waals surface area contributed by atoms with Gasteiger partial charge >= 0.3 is 0 Å². The van der Waals surface area contributed by atoms with Crippen molar-refractivity contribution >= 4 is 28.9 Å². The van der Waals surface area contributed by atoms with Crippen molar-refractivity contribution < 1.29 is 4.79 Å². The highest BCUT2D eigenvalue weighted by molar-refractivity contribution is 7.80. The van der Waals surface area contributed by atoms with Crippen LogP contribution >= 0.6 is 12.2 Å². The van der Waals surface area contributed by atoms with E-state index >= 15 is 0 Å². The number of nitrogens with zero attached hydrogens (tertiary/aromatic N) is 1. The molecule has 1 aromatic heterocycles. The van der Waals surface area contributed by atoms with Gasteiger partial charge in [-0.15, -0.1) is 0 Å². The highest BCUT2D eigenvalue weighted by Gasteiger charge is 2.09. The first-order valence-corrected chi connectivity index (χ1v) is 7.54. The second kappa shape index (κ2) is 6.89. The maximum Gasteiger partial charge on any atom is 0.257 e. The van der Waals surface area contributed by atoms with Crippen LogP contribution in [0.15, 0.2) is 79.1 Å². The molecule has 1 heterocycles. The Morgan fingerprint density at radius 3 is 2.26 bits per heavy atom. The fourth-order valence-corrected chi connectivity index (χ4v) is 2.42. The molecule has 4 nitrogen and oxygen atoms in total. The largest absolute Gasteiger partial charge is 0.331 e. The van der Waals surface area contributed by atoms with Crippen molar-refractivity contribution in [3.8, 4) is 5.69 Å². The summed E-state index contributed by atoms with van der Waals surface area (Å²) in [7, 11) is 0. The summed E-state index contributed by atoms with van der Waals surface area (Å²) in [6.45, 7) is 0. The minimum Gasteiger partial charge on any atom is -0.331 e. The van der Waals surface area contributed by atoms with E-state index in [1.54, 1.807) is 12.1 Å². The molecular formula is C18H15N3OS. The van der Waals surface area contributed by atoms with Gasteiger partial charge in [-0.25, -0.2) is 0 Å². The molecule has 0 aliphatic rings. The van der Waals surface area contributed by atoms with Crippen LogP contribution in [0, 0.1) is 0 Å². The molecule has 0 aliphatic heterocycles. The number of carbonyl (C=O) groups is 1. The molecule has 0 saturated carbocycles. The van der Waals surface area contributed by atoms with E-state index in [1.807, 2.05) is 71.6 Å². The summed E-state index contributed by atoms with van der Waals surface area (Å²) < 4.78 is 1.98. The quantitative estimate of drug-likeness (QED) is 0.725. The molecule has 2 N–H and O–H groups in total. The molecular weight excluding hydrogens is 306 g/mol. The molecule has 3 aromatic rings. The van der Waals surface area contributed by atoms with Crippen LogP contribution in [-0.4, -0.2) is 15.6 Å². The maximum atomic E-state index is 12.1. The molecule has 0 fully saturated rings. The summed E-state index contributed by atoms with van der Waals surface area (Å²) in [5, 5.41) is 6.03. The van der Waals surface area contributed by atoms with Gasteiger partial charge in [-0.2, -0.15) is 0 Å². The minimum absolute atomic E-state index is 0.235. The molecule has 0 spiro atoms. The zero-order chi connectivity index (χ0) is 16.1. The summed E-state index contributed by atoms with van der Waals surface area (Å²) in [6.07, 6.45) is 3.90. The predicted molar refractivity (Wildman–Crippen MR) is 95.9 cm³/mol. The van der Waals surface area contributed by atoms with Crippen LogP contribution in [0.3, 0.4) is 0 Å². The highest BCUT2D eigenvalue weighted by atomic mass is 32.1. The normalized spacial score (nSPS) is 10.1. The van der Waals surface area contributed by atoms with E-state index < -0.39 is 0 Å². The molecule has 5 heteroatoms. The fourth-order valence-electron chi connectivity index (χ4n) is 2.22. The Bertz CT molecular complexity index is 813. The Labute approximate surface area is 139 Å². The minimum atomic E-state index is -0.235. The number of amides is 1. The van der Waals surface area contributed by atoms with E-state index in [-0.39, 0.29) is 11.0 Å². The highest BCUT2D eigenvalue weighted by Crippen LogP contribution is 2.19. The van der Waals surface area contributed by atoms with Gasteiger partial charge in [-0.1, -0.05) is 30.3 Å². The van der Waals surface area contributed by atoms with E-state index in [0.29, 0.717) is 5.56 Å². The lowest BCUT2D eigenvalue weighted by atomic mass is 10.2. The van der Waals surface area contributed by atoms with Gasteiger partial charge in [-0.05, 0) is 48.6 Å². The topological polar surface area (TPSA) is 46.1 Å². The number of rotatable bonds is 3. The lowest BCUT2D eigenvalue weighted by Gasteiger charge is -2.14. The maximum absolute atomic E-state index is 12.1. The fraction of sp³-hybridized carbons (Fsp3) is 0. The third-order valence-electron chi connectivity index (χ3n) is 3.30. The Morgan fingerprint density at radius 2 is 1.52 bits per heavy atom. The van der Waals surface area contributed by atoms with E-state index in [9.17, 15) is 4.79 Å². The van der Waals surface area contributed by atoms with Crippen LogP contribution in [0.5, 0.6) is 0 Å². The molecule has 0 aliphatic carbocycles. The van der Waals surface area contributed by atoms with Crippen molar-refractivity contribution in [1.82, 2.24) is 9.88 Å². The number of thiocarbonyl (C=S) groups is 1.